The number of amides is 1. The molecule has 1 atom stereocenters. The average Bonchev–Trinajstić information content (AvgIpc) is 2.93. The number of aliphatic hydroxyl groups is 1. The monoisotopic (exact) mass is 290 g/mol. The van der Waals surface area contributed by atoms with E-state index in [1.54, 1.807) is 0 Å². The predicted octanol–water partition coefficient (Wildman–Crippen LogP) is 2.10. The number of hydrogen-bond donors (Lipinski definition) is 2. The van der Waals surface area contributed by atoms with E-state index in [9.17, 15) is 9.90 Å². The third kappa shape index (κ3) is 3.88. The van der Waals surface area contributed by atoms with E-state index in [4.69, 9.17) is 0 Å². The van der Waals surface area contributed by atoms with Gasteiger partial charge >= 0.3 is 0 Å². The number of hydrogen-bond acceptors (Lipinski definition) is 4. The predicted molar refractivity (Wildman–Crippen MR) is 79.6 cm³/mol. The van der Waals surface area contributed by atoms with Crippen LogP contribution in [0.15, 0.2) is 35.7 Å². The normalized spacial score (nSPS) is 12.1. The zero-order valence-electron chi connectivity index (χ0n) is 11.4. The van der Waals surface area contributed by atoms with Crippen molar-refractivity contribution in [2.75, 3.05) is 6.61 Å². The minimum atomic E-state index is -0.366. The highest BCUT2D eigenvalue weighted by molar-refractivity contribution is 7.09. The second-order valence-electron chi connectivity index (χ2n) is 4.48. The van der Waals surface area contributed by atoms with E-state index >= 15 is 0 Å². The van der Waals surface area contributed by atoms with Gasteiger partial charge in [0.25, 0.3) is 0 Å². The fraction of sp³-hybridized carbons (Fsp3) is 0.333. The molecule has 0 aliphatic carbocycles. The first-order valence-electron chi connectivity index (χ1n) is 6.61. The Morgan fingerprint density at radius 2 is 2.15 bits per heavy atom. The number of aromatic nitrogens is 1. The first kappa shape index (κ1) is 14.7. The molecule has 106 valence electrons. The van der Waals surface area contributed by atoms with Crippen molar-refractivity contribution in [2.24, 2.45) is 0 Å². The van der Waals surface area contributed by atoms with Crippen LogP contribution in [0.2, 0.25) is 0 Å². The fourth-order valence-corrected chi connectivity index (χ4v) is 2.77. The van der Waals surface area contributed by atoms with Crippen LogP contribution in [0.4, 0.5) is 0 Å². The van der Waals surface area contributed by atoms with Gasteiger partial charge in [-0.05, 0) is 12.0 Å². The maximum Gasteiger partial charge on any atom is 0.227 e. The van der Waals surface area contributed by atoms with E-state index in [1.807, 2.05) is 42.6 Å². The first-order chi connectivity index (χ1) is 9.72. The minimum absolute atomic E-state index is 0.117. The Morgan fingerprint density at radius 3 is 2.75 bits per heavy atom. The lowest BCUT2D eigenvalue weighted by atomic mass is 10.1. The summed E-state index contributed by atoms with van der Waals surface area (Å²) in [7, 11) is 0. The van der Waals surface area contributed by atoms with Gasteiger partial charge in [0.2, 0.25) is 5.91 Å². The molecule has 20 heavy (non-hydrogen) atoms. The summed E-state index contributed by atoms with van der Waals surface area (Å²) in [5.74, 6) is -0.120. The van der Waals surface area contributed by atoms with Crippen LogP contribution in [0.5, 0.6) is 0 Å². The Morgan fingerprint density at radius 1 is 1.40 bits per heavy atom. The molecule has 0 spiro atoms. The summed E-state index contributed by atoms with van der Waals surface area (Å²) in [5.41, 5.74) is 1.91. The fourth-order valence-electron chi connectivity index (χ4n) is 1.89. The molecule has 0 aliphatic heterocycles. The molecule has 2 rings (SSSR count). The van der Waals surface area contributed by atoms with Crippen molar-refractivity contribution >= 4 is 17.2 Å². The molecule has 4 nitrogen and oxygen atoms in total. The quantitative estimate of drug-likeness (QED) is 0.856. The molecule has 0 bridgehead atoms. The number of nitrogens with one attached hydrogen (secondary N) is 1. The minimum Gasteiger partial charge on any atom is -0.394 e. The molecule has 0 fully saturated rings. The van der Waals surface area contributed by atoms with Gasteiger partial charge in [0.1, 0.15) is 5.01 Å². The van der Waals surface area contributed by atoms with Crippen LogP contribution in [0, 0.1) is 0 Å². The van der Waals surface area contributed by atoms with Crippen molar-refractivity contribution in [3.63, 3.8) is 0 Å². The van der Waals surface area contributed by atoms with Crippen molar-refractivity contribution in [1.29, 1.82) is 0 Å². The van der Waals surface area contributed by atoms with Crippen LogP contribution in [-0.2, 0) is 17.6 Å². The van der Waals surface area contributed by atoms with Crippen molar-refractivity contribution in [1.82, 2.24) is 10.3 Å². The number of carbonyl (C=O) groups excluding carboxylic acids is 1. The van der Waals surface area contributed by atoms with Crippen molar-refractivity contribution in [2.45, 2.75) is 25.8 Å². The molecule has 0 radical (unpaired) electrons. The smallest absolute Gasteiger partial charge is 0.227 e. The van der Waals surface area contributed by atoms with E-state index in [2.05, 4.69) is 10.3 Å². The van der Waals surface area contributed by atoms with Gasteiger partial charge in [0.05, 0.1) is 24.8 Å². The molecule has 1 aromatic carbocycles. The molecule has 0 saturated carbocycles. The standard InChI is InChI=1S/C15H18N2O2S/c1-2-12-10-20-15(16-12)8-14(19)17-13(9-18)11-6-4-3-5-7-11/h3-7,10,13,18H,2,8-9H2,1H3,(H,17,19). The maximum atomic E-state index is 12.0. The van der Waals surface area contributed by atoms with Gasteiger partial charge in [0.15, 0.2) is 0 Å². The number of aryl methyl sites for hydroxylation is 1. The lowest BCUT2D eigenvalue weighted by Crippen LogP contribution is -2.31. The molecule has 1 amide bonds. The third-order valence-electron chi connectivity index (χ3n) is 2.99. The summed E-state index contributed by atoms with van der Waals surface area (Å²) < 4.78 is 0. The Hall–Kier alpha value is -1.72. The second-order valence-corrected chi connectivity index (χ2v) is 5.42. The van der Waals surface area contributed by atoms with E-state index in [0.717, 1.165) is 22.7 Å². The highest BCUT2D eigenvalue weighted by atomic mass is 32.1. The molecule has 5 heteroatoms. The number of carbonyl (C=O) groups is 1. The SMILES string of the molecule is CCc1csc(CC(=O)NC(CO)c2ccccc2)n1. The van der Waals surface area contributed by atoms with E-state index < -0.39 is 0 Å². The molecular weight excluding hydrogens is 272 g/mol. The molecule has 1 aromatic heterocycles. The van der Waals surface area contributed by atoms with Gasteiger partial charge in [-0.1, -0.05) is 37.3 Å². The lowest BCUT2D eigenvalue weighted by Gasteiger charge is -2.16. The van der Waals surface area contributed by atoms with Crippen LogP contribution in [-0.4, -0.2) is 22.6 Å². The summed E-state index contributed by atoms with van der Waals surface area (Å²) in [6.07, 6.45) is 1.13. The summed E-state index contributed by atoms with van der Waals surface area (Å²) in [4.78, 5) is 16.4. The van der Waals surface area contributed by atoms with Crippen LogP contribution in [0.25, 0.3) is 0 Å². The molecule has 2 aromatic rings. The second kappa shape index (κ2) is 7.17. The first-order valence-corrected chi connectivity index (χ1v) is 7.49. The van der Waals surface area contributed by atoms with Crippen molar-refractivity contribution in [3.05, 3.63) is 52.0 Å². The van der Waals surface area contributed by atoms with E-state index in [1.165, 1.54) is 11.3 Å². The molecular formula is C15H18N2O2S. The van der Waals surface area contributed by atoms with Gasteiger partial charge in [-0.15, -0.1) is 11.3 Å². The van der Waals surface area contributed by atoms with Gasteiger partial charge in [-0.2, -0.15) is 0 Å². The summed E-state index contributed by atoms with van der Waals surface area (Å²) in [6.45, 7) is 1.92. The number of nitrogens with zero attached hydrogens (tertiary/aromatic N) is 1. The van der Waals surface area contributed by atoms with Crippen molar-refractivity contribution in [3.8, 4) is 0 Å². The van der Waals surface area contributed by atoms with Gasteiger partial charge in [0, 0.05) is 5.38 Å². The Kier molecular flexibility index (Phi) is 5.26. The average molecular weight is 290 g/mol. The zero-order chi connectivity index (χ0) is 14.4. The lowest BCUT2D eigenvalue weighted by molar-refractivity contribution is -0.121. The van der Waals surface area contributed by atoms with Crippen LogP contribution in [0.3, 0.4) is 0 Å². The molecule has 1 heterocycles. The van der Waals surface area contributed by atoms with Crippen LogP contribution >= 0.6 is 11.3 Å². The van der Waals surface area contributed by atoms with Crippen LogP contribution in [0.1, 0.15) is 29.2 Å². The van der Waals surface area contributed by atoms with Gasteiger partial charge in [-0.25, -0.2) is 4.98 Å². The topological polar surface area (TPSA) is 62.2 Å². The number of thiazole rings is 1. The molecule has 0 aliphatic rings. The number of aliphatic hydroxyl groups excluding tert-OH is 1. The molecule has 2 N–H and O–H groups in total. The highest BCUT2D eigenvalue weighted by Gasteiger charge is 2.14. The maximum absolute atomic E-state index is 12.0. The number of benzene rings is 1. The van der Waals surface area contributed by atoms with Crippen LogP contribution < -0.4 is 5.32 Å². The third-order valence-corrected chi connectivity index (χ3v) is 3.89. The number of rotatable bonds is 6. The molecule has 0 saturated heterocycles. The summed E-state index contributed by atoms with van der Waals surface area (Å²) >= 11 is 1.50. The summed E-state index contributed by atoms with van der Waals surface area (Å²) in [6, 6.07) is 9.09. The molecule has 1 unspecified atom stereocenters. The largest absolute Gasteiger partial charge is 0.394 e. The van der Waals surface area contributed by atoms with E-state index in [-0.39, 0.29) is 25.0 Å². The van der Waals surface area contributed by atoms with Crippen molar-refractivity contribution < 1.29 is 9.90 Å². The zero-order valence-corrected chi connectivity index (χ0v) is 12.2. The summed E-state index contributed by atoms with van der Waals surface area (Å²) in [5, 5.41) is 15.0. The van der Waals surface area contributed by atoms with Gasteiger partial charge in [-0.3, -0.25) is 4.79 Å². The highest BCUT2D eigenvalue weighted by Crippen LogP contribution is 2.14. The Bertz CT molecular complexity index is 554. The van der Waals surface area contributed by atoms with Gasteiger partial charge < -0.3 is 10.4 Å². The Labute approximate surface area is 122 Å². The Balaban J connectivity index is 1.96. The van der Waals surface area contributed by atoms with E-state index in [0.29, 0.717) is 0 Å².